The first-order valence-corrected chi connectivity index (χ1v) is 5.69. The first kappa shape index (κ1) is 13.7. The molecule has 2 aromatic rings. The van der Waals surface area contributed by atoms with Crippen molar-refractivity contribution in [2.45, 2.75) is 6.54 Å². The van der Waals surface area contributed by atoms with Gasteiger partial charge in [0.1, 0.15) is 0 Å². The van der Waals surface area contributed by atoms with Crippen molar-refractivity contribution in [1.82, 2.24) is 4.90 Å². The van der Waals surface area contributed by atoms with E-state index in [0.717, 1.165) is 17.7 Å². The SMILES string of the molecule is CN(Cc1ccoc1)C(=O)c1ccc([N+](=O)[O-])c(F)c1. The van der Waals surface area contributed by atoms with Crippen molar-refractivity contribution < 1.29 is 18.5 Å². The molecule has 0 aliphatic heterocycles. The molecule has 0 spiro atoms. The third kappa shape index (κ3) is 2.82. The highest BCUT2D eigenvalue weighted by Crippen LogP contribution is 2.19. The van der Waals surface area contributed by atoms with Crippen molar-refractivity contribution in [2.75, 3.05) is 7.05 Å². The van der Waals surface area contributed by atoms with Crippen molar-refractivity contribution in [1.29, 1.82) is 0 Å². The number of nitro groups is 1. The minimum Gasteiger partial charge on any atom is -0.472 e. The Labute approximate surface area is 113 Å². The second-order valence-corrected chi connectivity index (χ2v) is 4.22. The smallest absolute Gasteiger partial charge is 0.304 e. The Bertz CT molecular complexity index is 640. The number of nitro benzene ring substituents is 1. The molecule has 0 fully saturated rings. The molecule has 1 heterocycles. The topological polar surface area (TPSA) is 76.6 Å². The summed E-state index contributed by atoms with van der Waals surface area (Å²) in [5, 5.41) is 10.5. The van der Waals surface area contributed by atoms with Gasteiger partial charge in [0.2, 0.25) is 5.82 Å². The van der Waals surface area contributed by atoms with Gasteiger partial charge in [-0.1, -0.05) is 0 Å². The van der Waals surface area contributed by atoms with Gasteiger partial charge in [0.25, 0.3) is 5.91 Å². The molecule has 7 heteroatoms. The molecular formula is C13H11FN2O4. The number of rotatable bonds is 4. The van der Waals surface area contributed by atoms with E-state index in [-0.39, 0.29) is 5.56 Å². The number of nitrogens with zero attached hydrogens (tertiary/aromatic N) is 2. The molecule has 1 aromatic heterocycles. The Morgan fingerprint density at radius 1 is 1.45 bits per heavy atom. The largest absolute Gasteiger partial charge is 0.472 e. The maximum absolute atomic E-state index is 13.5. The van der Waals surface area contributed by atoms with Crippen LogP contribution >= 0.6 is 0 Å². The molecule has 104 valence electrons. The van der Waals surface area contributed by atoms with Crippen LogP contribution < -0.4 is 0 Å². The van der Waals surface area contributed by atoms with Crippen LogP contribution in [0.4, 0.5) is 10.1 Å². The lowest BCUT2D eigenvalue weighted by atomic mass is 10.1. The molecule has 1 aromatic carbocycles. The van der Waals surface area contributed by atoms with E-state index in [1.165, 1.54) is 23.5 Å². The van der Waals surface area contributed by atoms with Gasteiger partial charge in [0.15, 0.2) is 0 Å². The molecule has 0 atom stereocenters. The molecule has 0 bridgehead atoms. The Balaban J connectivity index is 2.16. The monoisotopic (exact) mass is 278 g/mol. The fourth-order valence-corrected chi connectivity index (χ4v) is 1.74. The lowest BCUT2D eigenvalue weighted by Gasteiger charge is -2.16. The highest BCUT2D eigenvalue weighted by atomic mass is 19.1. The average molecular weight is 278 g/mol. The molecule has 20 heavy (non-hydrogen) atoms. The second-order valence-electron chi connectivity index (χ2n) is 4.22. The predicted molar refractivity (Wildman–Crippen MR) is 67.6 cm³/mol. The van der Waals surface area contributed by atoms with Crippen LogP contribution in [-0.2, 0) is 6.54 Å². The summed E-state index contributed by atoms with van der Waals surface area (Å²) in [4.78, 5) is 23.1. The number of furan rings is 1. The molecule has 0 N–H and O–H groups in total. The van der Waals surface area contributed by atoms with E-state index in [2.05, 4.69) is 0 Å². The summed E-state index contributed by atoms with van der Waals surface area (Å²) in [7, 11) is 1.55. The van der Waals surface area contributed by atoms with Crippen LogP contribution in [0.25, 0.3) is 0 Å². The van der Waals surface area contributed by atoms with Gasteiger partial charge in [-0.25, -0.2) is 0 Å². The molecule has 1 amide bonds. The van der Waals surface area contributed by atoms with Gasteiger partial charge in [-0.2, -0.15) is 4.39 Å². The maximum atomic E-state index is 13.5. The van der Waals surface area contributed by atoms with E-state index in [4.69, 9.17) is 4.42 Å². The van der Waals surface area contributed by atoms with E-state index in [9.17, 15) is 19.3 Å². The average Bonchev–Trinajstić information content (AvgIpc) is 2.90. The Kier molecular flexibility index (Phi) is 3.79. The molecule has 2 rings (SSSR count). The standard InChI is InChI=1S/C13H11FN2O4/c1-15(7-9-4-5-20-8-9)13(17)10-2-3-12(16(18)19)11(14)6-10/h2-6,8H,7H2,1H3. The third-order valence-electron chi connectivity index (χ3n) is 2.74. The first-order valence-electron chi connectivity index (χ1n) is 5.69. The van der Waals surface area contributed by atoms with Crippen LogP contribution in [0.5, 0.6) is 0 Å². The fraction of sp³-hybridized carbons (Fsp3) is 0.154. The maximum Gasteiger partial charge on any atom is 0.304 e. The van der Waals surface area contributed by atoms with E-state index in [1.807, 2.05) is 0 Å². The summed E-state index contributed by atoms with van der Waals surface area (Å²) >= 11 is 0. The second kappa shape index (κ2) is 5.52. The number of hydrogen-bond donors (Lipinski definition) is 0. The van der Waals surface area contributed by atoms with Crippen LogP contribution in [0.2, 0.25) is 0 Å². The van der Waals surface area contributed by atoms with Crippen LogP contribution in [0.15, 0.2) is 41.2 Å². The van der Waals surface area contributed by atoms with Crippen molar-refractivity contribution in [3.8, 4) is 0 Å². The fourth-order valence-electron chi connectivity index (χ4n) is 1.74. The van der Waals surface area contributed by atoms with Crippen molar-refractivity contribution >= 4 is 11.6 Å². The highest BCUT2D eigenvalue weighted by molar-refractivity contribution is 5.94. The van der Waals surface area contributed by atoms with Crippen molar-refractivity contribution in [3.63, 3.8) is 0 Å². The van der Waals surface area contributed by atoms with Gasteiger partial charge in [-0.3, -0.25) is 14.9 Å². The van der Waals surface area contributed by atoms with Gasteiger partial charge in [-0.05, 0) is 18.2 Å². The van der Waals surface area contributed by atoms with E-state index in [0.29, 0.717) is 6.54 Å². The summed E-state index contributed by atoms with van der Waals surface area (Å²) in [5.41, 5.74) is 0.196. The summed E-state index contributed by atoms with van der Waals surface area (Å²) in [5.74, 6) is -1.46. The number of carbonyl (C=O) groups is 1. The number of benzene rings is 1. The zero-order chi connectivity index (χ0) is 14.7. The predicted octanol–water partition coefficient (Wildman–Crippen LogP) is 2.60. The Hall–Kier alpha value is -2.70. The Morgan fingerprint density at radius 3 is 2.75 bits per heavy atom. The van der Waals surface area contributed by atoms with Crippen LogP contribution in [0.3, 0.4) is 0 Å². The minimum atomic E-state index is -1.03. The normalized spacial score (nSPS) is 10.3. The van der Waals surface area contributed by atoms with Crippen LogP contribution in [0, 0.1) is 15.9 Å². The van der Waals surface area contributed by atoms with E-state index in [1.54, 1.807) is 13.1 Å². The van der Waals surface area contributed by atoms with Crippen LogP contribution in [-0.4, -0.2) is 22.8 Å². The lowest BCUT2D eigenvalue weighted by Crippen LogP contribution is -2.26. The zero-order valence-corrected chi connectivity index (χ0v) is 10.6. The van der Waals surface area contributed by atoms with E-state index < -0.39 is 22.3 Å². The molecule has 0 radical (unpaired) electrons. The highest BCUT2D eigenvalue weighted by Gasteiger charge is 2.19. The molecule has 0 saturated carbocycles. The quantitative estimate of drug-likeness (QED) is 0.636. The van der Waals surface area contributed by atoms with Gasteiger partial charge in [0, 0.05) is 30.8 Å². The molecule has 0 saturated heterocycles. The Morgan fingerprint density at radius 2 is 2.20 bits per heavy atom. The summed E-state index contributed by atoms with van der Waals surface area (Å²) in [6.07, 6.45) is 2.99. The summed E-state index contributed by atoms with van der Waals surface area (Å²) < 4.78 is 18.4. The number of hydrogen-bond acceptors (Lipinski definition) is 4. The van der Waals surface area contributed by atoms with Crippen molar-refractivity contribution in [2.24, 2.45) is 0 Å². The first-order chi connectivity index (χ1) is 9.49. The molecule has 0 aliphatic carbocycles. The van der Waals surface area contributed by atoms with Gasteiger partial charge in [0.05, 0.1) is 17.4 Å². The summed E-state index contributed by atoms with van der Waals surface area (Å²) in [6.45, 7) is 0.300. The van der Waals surface area contributed by atoms with Gasteiger partial charge >= 0.3 is 5.69 Å². The lowest BCUT2D eigenvalue weighted by molar-refractivity contribution is -0.387. The molecule has 0 unspecified atom stereocenters. The van der Waals surface area contributed by atoms with Crippen molar-refractivity contribution in [3.05, 3.63) is 63.9 Å². The summed E-state index contributed by atoms with van der Waals surface area (Å²) in [6, 6.07) is 4.79. The van der Waals surface area contributed by atoms with Gasteiger partial charge < -0.3 is 9.32 Å². The minimum absolute atomic E-state index is 0.0547. The third-order valence-corrected chi connectivity index (χ3v) is 2.74. The number of amides is 1. The number of halogens is 1. The van der Waals surface area contributed by atoms with Crippen LogP contribution in [0.1, 0.15) is 15.9 Å². The molecule has 6 nitrogen and oxygen atoms in total. The molecule has 0 aliphatic rings. The zero-order valence-electron chi connectivity index (χ0n) is 10.6. The van der Waals surface area contributed by atoms with Gasteiger partial charge in [-0.15, -0.1) is 0 Å². The molecular weight excluding hydrogens is 267 g/mol. The van der Waals surface area contributed by atoms with E-state index >= 15 is 0 Å². The number of carbonyl (C=O) groups excluding carboxylic acids is 1.